The van der Waals surface area contributed by atoms with Gasteiger partial charge in [0.15, 0.2) is 0 Å². The molecule has 7 nitrogen and oxygen atoms in total. The number of aromatic amines is 1. The summed E-state index contributed by atoms with van der Waals surface area (Å²) in [5.74, 6) is 0.387. The molecule has 0 unspecified atom stereocenters. The standard InChI is InChI=1S/C15H19N5O2/c1-19-8-9(7-16-19)11-6-12(21)17-14-13(11)15(22)18-20(14)10-4-2-3-5-10/h7-8,10-11H,2-6H2,1H3,(H,17,21)(H,18,22)/t11-/m0/s1. The van der Waals surface area contributed by atoms with Crippen LogP contribution in [0.15, 0.2) is 17.2 Å². The van der Waals surface area contributed by atoms with Crippen LogP contribution in [-0.2, 0) is 11.8 Å². The molecule has 2 aromatic rings. The zero-order chi connectivity index (χ0) is 15.3. The molecule has 1 aliphatic heterocycles. The number of carbonyl (C=O) groups is 1. The summed E-state index contributed by atoms with van der Waals surface area (Å²) in [5.41, 5.74) is 1.48. The van der Waals surface area contributed by atoms with Crippen LogP contribution < -0.4 is 10.9 Å². The van der Waals surface area contributed by atoms with Gasteiger partial charge in [0, 0.05) is 25.6 Å². The monoisotopic (exact) mass is 301 g/mol. The van der Waals surface area contributed by atoms with Crippen molar-refractivity contribution in [1.29, 1.82) is 0 Å². The molecule has 2 aromatic heterocycles. The van der Waals surface area contributed by atoms with E-state index in [1.807, 2.05) is 17.9 Å². The summed E-state index contributed by atoms with van der Waals surface area (Å²) in [6.45, 7) is 0. The van der Waals surface area contributed by atoms with Crippen molar-refractivity contribution < 1.29 is 4.79 Å². The molecule has 0 spiro atoms. The number of carbonyl (C=O) groups excluding carboxylic acids is 1. The summed E-state index contributed by atoms with van der Waals surface area (Å²) in [5, 5.41) is 10.0. The predicted octanol–water partition coefficient (Wildman–Crippen LogP) is 1.50. The van der Waals surface area contributed by atoms with Crippen LogP contribution in [0, 0.1) is 0 Å². The Bertz CT molecular complexity index is 778. The maximum Gasteiger partial charge on any atom is 0.270 e. The molecule has 1 aliphatic carbocycles. The second-order valence-electron chi connectivity index (χ2n) is 6.26. The summed E-state index contributed by atoms with van der Waals surface area (Å²) in [6, 6.07) is 0.282. The molecule has 2 N–H and O–H groups in total. The molecule has 116 valence electrons. The second-order valence-corrected chi connectivity index (χ2v) is 6.26. The van der Waals surface area contributed by atoms with Crippen molar-refractivity contribution in [2.75, 3.05) is 5.32 Å². The molecule has 2 aliphatic rings. The number of aryl methyl sites for hydroxylation is 1. The van der Waals surface area contributed by atoms with E-state index in [4.69, 9.17) is 0 Å². The Hall–Kier alpha value is -2.31. The number of nitrogens with one attached hydrogen (secondary N) is 2. The van der Waals surface area contributed by atoms with E-state index < -0.39 is 0 Å². The van der Waals surface area contributed by atoms with Crippen molar-refractivity contribution in [3.05, 3.63) is 33.9 Å². The van der Waals surface area contributed by atoms with E-state index in [1.54, 1.807) is 10.9 Å². The lowest BCUT2D eigenvalue weighted by Crippen LogP contribution is -2.27. The van der Waals surface area contributed by atoms with Crippen molar-refractivity contribution in [1.82, 2.24) is 19.6 Å². The second kappa shape index (κ2) is 4.86. The molecular weight excluding hydrogens is 282 g/mol. The highest BCUT2D eigenvalue weighted by molar-refractivity contribution is 5.94. The van der Waals surface area contributed by atoms with Crippen LogP contribution in [0.4, 0.5) is 5.82 Å². The lowest BCUT2D eigenvalue weighted by molar-refractivity contribution is -0.116. The fourth-order valence-electron chi connectivity index (χ4n) is 3.73. The Morgan fingerprint density at radius 1 is 1.27 bits per heavy atom. The van der Waals surface area contributed by atoms with Gasteiger partial charge in [0.1, 0.15) is 5.82 Å². The fourth-order valence-corrected chi connectivity index (χ4v) is 3.73. The minimum Gasteiger partial charge on any atom is -0.311 e. The van der Waals surface area contributed by atoms with Crippen LogP contribution in [0.1, 0.15) is 55.2 Å². The minimum absolute atomic E-state index is 0.0490. The van der Waals surface area contributed by atoms with E-state index in [2.05, 4.69) is 15.5 Å². The first-order chi connectivity index (χ1) is 10.6. The first-order valence-electron chi connectivity index (χ1n) is 7.76. The molecule has 0 saturated heterocycles. The summed E-state index contributed by atoms with van der Waals surface area (Å²) in [7, 11) is 1.83. The van der Waals surface area contributed by atoms with Crippen molar-refractivity contribution in [3.8, 4) is 0 Å². The van der Waals surface area contributed by atoms with Gasteiger partial charge in [-0.25, -0.2) is 0 Å². The Morgan fingerprint density at radius 2 is 2.05 bits per heavy atom. The van der Waals surface area contributed by atoms with Gasteiger partial charge in [-0.15, -0.1) is 0 Å². The number of nitrogens with zero attached hydrogens (tertiary/aromatic N) is 3. The summed E-state index contributed by atoms with van der Waals surface area (Å²) >= 11 is 0. The van der Waals surface area contributed by atoms with E-state index >= 15 is 0 Å². The van der Waals surface area contributed by atoms with Gasteiger partial charge < -0.3 is 5.32 Å². The number of hydrogen-bond acceptors (Lipinski definition) is 3. The van der Waals surface area contributed by atoms with Crippen LogP contribution in [0.25, 0.3) is 0 Å². The highest BCUT2D eigenvalue weighted by atomic mass is 16.2. The van der Waals surface area contributed by atoms with Crippen molar-refractivity contribution in [3.63, 3.8) is 0 Å². The maximum atomic E-state index is 12.5. The third kappa shape index (κ3) is 2.00. The van der Waals surface area contributed by atoms with Gasteiger partial charge in [-0.2, -0.15) is 5.10 Å². The average molecular weight is 301 g/mol. The van der Waals surface area contributed by atoms with Gasteiger partial charge in [0.25, 0.3) is 5.56 Å². The van der Waals surface area contributed by atoms with Gasteiger partial charge in [0.2, 0.25) is 5.91 Å². The van der Waals surface area contributed by atoms with Crippen LogP contribution in [0.2, 0.25) is 0 Å². The Labute approximate surface area is 127 Å². The minimum atomic E-state index is -0.219. The molecule has 1 amide bonds. The van der Waals surface area contributed by atoms with E-state index in [0.717, 1.165) is 18.4 Å². The van der Waals surface area contributed by atoms with Crippen LogP contribution in [0.3, 0.4) is 0 Å². The van der Waals surface area contributed by atoms with Gasteiger partial charge in [-0.3, -0.25) is 24.1 Å². The molecule has 0 radical (unpaired) electrons. The van der Waals surface area contributed by atoms with Crippen LogP contribution >= 0.6 is 0 Å². The highest BCUT2D eigenvalue weighted by Crippen LogP contribution is 2.38. The van der Waals surface area contributed by atoms with Gasteiger partial charge >= 0.3 is 0 Å². The Kier molecular flexibility index (Phi) is 2.95. The van der Waals surface area contributed by atoms with Crippen molar-refractivity contribution in [2.45, 2.75) is 44.1 Å². The molecule has 1 saturated carbocycles. The van der Waals surface area contributed by atoms with E-state index in [9.17, 15) is 9.59 Å². The number of fused-ring (bicyclic) bond motifs is 1. The first-order valence-corrected chi connectivity index (χ1v) is 7.76. The molecule has 1 atom stereocenters. The molecule has 7 heteroatoms. The molecule has 0 bridgehead atoms. The number of rotatable bonds is 2. The molecular formula is C15H19N5O2. The van der Waals surface area contributed by atoms with Gasteiger partial charge in [-0.1, -0.05) is 12.8 Å². The molecule has 3 heterocycles. The van der Waals surface area contributed by atoms with Crippen molar-refractivity contribution >= 4 is 11.7 Å². The zero-order valence-electron chi connectivity index (χ0n) is 12.5. The third-order valence-corrected chi connectivity index (χ3v) is 4.78. The summed E-state index contributed by atoms with van der Waals surface area (Å²) in [6.07, 6.45) is 8.32. The van der Waals surface area contributed by atoms with E-state index in [1.165, 1.54) is 12.8 Å². The molecule has 4 rings (SSSR count). The van der Waals surface area contributed by atoms with E-state index in [-0.39, 0.29) is 29.8 Å². The van der Waals surface area contributed by atoms with Gasteiger partial charge in [-0.05, 0) is 18.4 Å². The number of amides is 1. The molecule has 22 heavy (non-hydrogen) atoms. The largest absolute Gasteiger partial charge is 0.311 e. The summed E-state index contributed by atoms with van der Waals surface area (Å²) < 4.78 is 3.58. The highest BCUT2D eigenvalue weighted by Gasteiger charge is 2.35. The third-order valence-electron chi connectivity index (χ3n) is 4.78. The Balaban J connectivity index is 1.83. The van der Waals surface area contributed by atoms with E-state index in [0.29, 0.717) is 11.4 Å². The maximum absolute atomic E-state index is 12.5. The SMILES string of the molecule is Cn1cc([C@@H]2CC(=O)Nc3c2c(=O)[nH]n3C2CCCC2)cn1. The number of hydrogen-bond donors (Lipinski definition) is 2. The number of anilines is 1. The van der Waals surface area contributed by atoms with Gasteiger partial charge in [0.05, 0.1) is 17.8 Å². The predicted molar refractivity (Wildman–Crippen MR) is 80.9 cm³/mol. The van der Waals surface area contributed by atoms with Crippen molar-refractivity contribution in [2.24, 2.45) is 7.05 Å². The Morgan fingerprint density at radius 3 is 2.73 bits per heavy atom. The lowest BCUT2D eigenvalue weighted by Gasteiger charge is -2.23. The molecule has 0 aromatic carbocycles. The average Bonchev–Trinajstić information content (AvgIpc) is 3.19. The number of aromatic nitrogens is 4. The lowest BCUT2D eigenvalue weighted by atomic mass is 9.89. The first kappa shape index (κ1) is 13.4. The normalized spacial score (nSPS) is 21.9. The summed E-state index contributed by atoms with van der Waals surface area (Å²) in [4.78, 5) is 24.6. The van der Waals surface area contributed by atoms with Crippen LogP contribution in [-0.4, -0.2) is 25.5 Å². The quantitative estimate of drug-likeness (QED) is 0.881. The smallest absolute Gasteiger partial charge is 0.270 e. The zero-order valence-corrected chi connectivity index (χ0v) is 12.5. The van der Waals surface area contributed by atoms with Crippen LogP contribution in [0.5, 0.6) is 0 Å². The fraction of sp³-hybridized carbons (Fsp3) is 0.533. The number of H-pyrrole nitrogens is 1. The topological polar surface area (TPSA) is 84.7 Å². The molecule has 1 fully saturated rings.